The van der Waals surface area contributed by atoms with E-state index >= 15 is 0 Å². The Hall–Kier alpha value is -3.65. The van der Waals surface area contributed by atoms with Gasteiger partial charge in [0.05, 0.1) is 11.8 Å². The van der Waals surface area contributed by atoms with Gasteiger partial charge in [-0.15, -0.1) is 11.3 Å². The summed E-state index contributed by atoms with van der Waals surface area (Å²) in [6, 6.07) is 13.7. The molecule has 3 rings (SSSR count). The minimum atomic E-state index is -0.620. The summed E-state index contributed by atoms with van der Waals surface area (Å²) in [5.41, 5.74) is 2.93. The predicted molar refractivity (Wildman–Crippen MR) is 101 cm³/mol. The second-order valence-electron chi connectivity index (χ2n) is 5.34. The number of carbonyl (C=O) groups is 2. The van der Waals surface area contributed by atoms with E-state index in [0.717, 1.165) is 6.07 Å². The van der Waals surface area contributed by atoms with Crippen molar-refractivity contribution in [2.75, 3.05) is 0 Å². The Morgan fingerprint density at radius 3 is 2.52 bits per heavy atom. The van der Waals surface area contributed by atoms with Crippen molar-refractivity contribution in [3.05, 3.63) is 76.0 Å². The molecule has 0 aliphatic rings. The fourth-order valence-corrected chi connectivity index (χ4v) is 2.71. The molecule has 0 bridgehead atoms. The van der Waals surface area contributed by atoms with Gasteiger partial charge in [-0.3, -0.25) is 4.79 Å². The van der Waals surface area contributed by atoms with Crippen LogP contribution >= 0.6 is 11.3 Å². The van der Waals surface area contributed by atoms with Crippen LogP contribution in [0.1, 0.15) is 25.6 Å². The highest BCUT2D eigenvalue weighted by Crippen LogP contribution is 2.22. The number of amides is 1. The van der Waals surface area contributed by atoms with Crippen LogP contribution in [0.15, 0.2) is 65.1 Å². The number of nitrogens with one attached hydrogen (secondary N) is 1. The molecule has 0 fully saturated rings. The zero-order valence-electron chi connectivity index (χ0n) is 13.8. The maximum Gasteiger partial charge on any atom is 0.353 e. The van der Waals surface area contributed by atoms with Crippen molar-refractivity contribution in [1.82, 2.24) is 5.43 Å². The highest BCUT2D eigenvalue weighted by molar-refractivity contribution is 7.12. The molecule has 0 aliphatic carbocycles. The SMILES string of the molecule is O=C(Oc1ccc(/C=N/NC(=O)c2ccc(O)cc2O)cc1)c1cccs1. The molecule has 0 aliphatic heterocycles. The van der Waals surface area contributed by atoms with Crippen molar-refractivity contribution in [1.29, 1.82) is 0 Å². The van der Waals surface area contributed by atoms with Crippen molar-refractivity contribution in [3.63, 3.8) is 0 Å². The molecule has 0 radical (unpaired) electrons. The molecule has 1 amide bonds. The van der Waals surface area contributed by atoms with Crippen molar-refractivity contribution in [2.24, 2.45) is 5.10 Å². The average molecular weight is 382 g/mol. The molecule has 7 nitrogen and oxygen atoms in total. The lowest BCUT2D eigenvalue weighted by atomic mass is 10.2. The normalized spacial score (nSPS) is 10.7. The molecular formula is C19H14N2O5S. The quantitative estimate of drug-likeness (QED) is 0.272. The number of rotatable bonds is 5. The first-order chi connectivity index (χ1) is 13.0. The summed E-state index contributed by atoms with van der Waals surface area (Å²) in [6.07, 6.45) is 1.40. The molecule has 1 heterocycles. The van der Waals surface area contributed by atoms with Crippen LogP contribution in [0.5, 0.6) is 17.2 Å². The van der Waals surface area contributed by atoms with E-state index in [1.807, 2.05) is 0 Å². The van der Waals surface area contributed by atoms with E-state index in [9.17, 15) is 19.8 Å². The topological polar surface area (TPSA) is 108 Å². The number of hydrazone groups is 1. The average Bonchev–Trinajstić information content (AvgIpc) is 3.18. The van der Waals surface area contributed by atoms with Crippen LogP contribution in [0.4, 0.5) is 0 Å². The zero-order valence-corrected chi connectivity index (χ0v) is 14.6. The molecule has 0 spiro atoms. The Kier molecular flexibility index (Phi) is 5.48. The monoisotopic (exact) mass is 382 g/mol. The summed E-state index contributed by atoms with van der Waals surface area (Å²) in [6.45, 7) is 0. The van der Waals surface area contributed by atoms with Gasteiger partial charge in [-0.2, -0.15) is 5.10 Å². The van der Waals surface area contributed by atoms with Gasteiger partial charge in [0.2, 0.25) is 0 Å². The highest BCUT2D eigenvalue weighted by Gasteiger charge is 2.11. The summed E-state index contributed by atoms with van der Waals surface area (Å²) in [5, 5.41) is 24.5. The van der Waals surface area contributed by atoms with Gasteiger partial charge in [0.25, 0.3) is 5.91 Å². The first kappa shape index (κ1) is 18.2. The number of carbonyl (C=O) groups excluding carboxylic acids is 2. The second-order valence-corrected chi connectivity index (χ2v) is 6.28. The van der Waals surface area contributed by atoms with Gasteiger partial charge >= 0.3 is 5.97 Å². The predicted octanol–water partition coefficient (Wildman–Crippen LogP) is 3.14. The summed E-state index contributed by atoms with van der Waals surface area (Å²) >= 11 is 1.30. The molecular weight excluding hydrogens is 368 g/mol. The smallest absolute Gasteiger partial charge is 0.353 e. The Morgan fingerprint density at radius 2 is 1.85 bits per heavy atom. The molecule has 27 heavy (non-hydrogen) atoms. The zero-order chi connectivity index (χ0) is 19.2. The number of phenolic OH excluding ortho intramolecular Hbond substituents is 2. The maximum atomic E-state index is 11.9. The molecule has 3 N–H and O–H groups in total. The number of hydrogen-bond acceptors (Lipinski definition) is 7. The lowest BCUT2D eigenvalue weighted by Crippen LogP contribution is -2.17. The number of benzene rings is 2. The summed E-state index contributed by atoms with van der Waals surface area (Å²) < 4.78 is 5.25. The number of phenols is 2. The van der Waals surface area contributed by atoms with Crippen molar-refractivity contribution in [3.8, 4) is 17.2 Å². The summed E-state index contributed by atoms with van der Waals surface area (Å²) in [4.78, 5) is 24.3. The third kappa shape index (κ3) is 4.71. The minimum Gasteiger partial charge on any atom is -0.508 e. The number of nitrogens with zero attached hydrogens (tertiary/aromatic N) is 1. The van der Waals surface area contributed by atoms with E-state index in [0.29, 0.717) is 16.2 Å². The first-order valence-electron chi connectivity index (χ1n) is 7.74. The van der Waals surface area contributed by atoms with Gasteiger partial charge in [-0.25, -0.2) is 10.2 Å². The highest BCUT2D eigenvalue weighted by atomic mass is 32.1. The molecule has 1 aromatic heterocycles. The molecule has 0 saturated carbocycles. The van der Waals surface area contributed by atoms with Crippen LogP contribution in [-0.4, -0.2) is 28.3 Å². The standard InChI is InChI=1S/C19H14N2O5S/c22-13-5-8-15(16(23)10-13)18(24)21-20-11-12-3-6-14(7-4-12)26-19(25)17-2-1-9-27-17/h1-11,22-23H,(H,21,24)/b20-11+. The summed E-state index contributed by atoms with van der Waals surface area (Å²) in [5.74, 6) is -1.15. The Bertz CT molecular complexity index is 982. The van der Waals surface area contributed by atoms with Crippen molar-refractivity contribution in [2.45, 2.75) is 0 Å². The largest absolute Gasteiger partial charge is 0.508 e. The van der Waals surface area contributed by atoms with Crippen molar-refractivity contribution < 1.29 is 24.5 Å². The second kappa shape index (κ2) is 8.15. The Labute approximate surface area is 158 Å². The van der Waals surface area contributed by atoms with E-state index < -0.39 is 11.9 Å². The van der Waals surface area contributed by atoms with Gasteiger partial charge in [0, 0.05) is 6.07 Å². The van der Waals surface area contributed by atoms with E-state index in [-0.39, 0.29) is 17.1 Å². The van der Waals surface area contributed by atoms with Crippen LogP contribution in [0.25, 0.3) is 0 Å². The molecule has 0 saturated heterocycles. The van der Waals surface area contributed by atoms with E-state index in [2.05, 4.69) is 10.5 Å². The molecule has 0 unspecified atom stereocenters. The lowest BCUT2D eigenvalue weighted by Gasteiger charge is -2.04. The number of ether oxygens (including phenoxy) is 1. The number of aromatic hydroxyl groups is 2. The van der Waals surface area contributed by atoms with E-state index in [1.54, 1.807) is 41.8 Å². The van der Waals surface area contributed by atoms with Gasteiger partial charge in [0.15, 0.2) is 0 Å². The van der Waals surface area contributed by atoms with Gasteiger partial charge < -0.3 is 14.9 Å². The molecule has 3 aromatic rings. The minimum absolute atomic E-state index is 0.0132. The number of hydrogen-bond donors (Lipinski definition) is 3. The molecule has 2 aromatic carbocycles. The third-order valence-electron chi connectivity index (χ3n) is 3.42. The number of thiophene rings is 1. The van der Waals surface area contributed by atoms with Crippen LogP contribution in [0.2, 0.25) is 0 Å². The van der Waals surface area contributed by atoms with Crippen LogP contribution in [0.3, 0.4) is 0 Å². The fraction of sp³-hybridized carbons (Fsp3) is 0. The van der Waals surface area contributed by atoms with Crippen LogP contribution < -0.4 is 10.2 Å². The fourth-order valence-electron chi connectivity index (χ4n) is 2.11. The van der Waals surface area contributed by atoms with Crippen LogP contribution in [0, 0.1) is 0 Å². The van der Waals surface area contributed by atoms with Gasteiger partial charge in [0.1, 0.15) is 22.1 Å². The molecule has 136 valence electrons. The summed E-state index contributed by atoms with van der Waals surface area (Å²) in [7, 11) is 0. The van der Waals surface area contributed by atoms with E-state index in [4.69, 9.17) is 4.74 Å². The first-order valence-corrected chi connectivity index (χ1v) is 8.62. The van der Waals surface area contributed by atoms with Crippen molar-refractivity contribution >= 4 is 29.4 Å². The lowest BCUT2D eigenvalue weighted by molar-refractivity contribution is 0.0739. The Morgan fingerprint density at radius 1 is 1.07 bits per heavy atom. The molecule has 0 atom stereocenters. The number of esters is 1. The molecule has 8 heteroatoms. The van der Waals surface area contributed by atoms with Crippen LogP contribution in [-0.2, 0) is 0 Å². The van der Waals surface area contributed by atoms with Gasteiger partial charge in [-0.1, -0.05) is 6.07 Å². The maximum absolute atomic E-state index is 11.9. The van der Waals surface area contributed by atoms with E-state index in [1.165, 1.54) is 29.7 Å². The Balaban J connectivity index is 1.57. The van der Waals surface area contributed by atoms with Gasteiger partial charge in [-0.05, 0) is 53.4 Å². The third-order valence-corrected chi connectivity index (χ3v) is 4.27.